The van der Waals surface area contributed by atoms with E-state index in [-0.39, 0.29) is 17.2 Å². The quantitative estimate of drug-likeness (QED) is 0.641. The fraction of sp³-hybridized carbons (Fsp3) is 0.800. The Morgan fingerprint density at radius 3 is 2.70 bits per heavy atom. The highest BCUT2D eigenvalue weighted by atomic mass is 32.2. The molecule has 0 aromatic carbocycles. The summed E-state index contributed by atoms with van der Waals surface area (Å²) in [5.74, 6) is -0.111. The molecule has 8 heteroatoms. The second-order valence-corrected chi connectivity index (χ2v) is 8.46. The summed E-state index contributed by atoms with van der Waals surface area (Å²) in [7, 11) is 0. The first kappa shape index (κ1) is 17.0. The third kappa shape index (κ3) is 3.79. The lowest BCUT2D eigenvalue weighted by Crippen LogP contribution is -2.53. The van der Waals surface area contributed by atoms with E-state index in [1.54, 1.807) is 11.8 Å². The molecule has 2 N–H and O–H groups in total. The van der Waals surface area contributed by atoms with Gasteiger partial charge >= 0.3 is 5.97 Å². The first-order valence-corrected chi connectivity index (χ1v) is 9.69. The van der Waals surface area contributed by atoms with E-state index in [9.17, 15) is 19.5 Å². The molecule has 3 aliphatic rings. The molecule has 2 aliphatic heterocycles. The van der Waals surface area contributed by atoms with E-state index in [1.165, 1.54) is 4.90 Å². The van der Waals surface area contributed by atoms with Crippen molar-refractivity contribution in [1.29, 1.82) is 0 Å². The van der Waals surface area contributed by atoms with Gasteiger partial charge in [0.1, 0.15) is 12.1 Å². The first-order valence-electron chi connectivity index (χ1n) is 8.12. The number of thiol groups is 1. The lowest BCUT2D eigenvalue weighted by molar-refractivity contribution is -0.149. The van der Waals surface area contributed by atoms with E-state index in [1.807, 2.05) is 0 Å². The zero-order valence-corrected chi connectivity index (χ0v) is 14.5. The molecular weight excluding hydrogens is 336 g/mol. The highest BCUT2D eigenvalue weighted by Crippen LogP contribution is 2.36. The number of rotatable bonds is 5. The molecule has 1 saturated carbocycles. The molecule has 4 atom stereocenters. The topological polar surface area (TPSA) is 86.7 Å². The maximum atomic E-state index is 12.7. The van der Waals surface area contributed by atoms with Gasteiger partial charge in [0, 0.05) is 0 Å². The van der Waals surface area contributed by atoms with Gasteiger partial charge in [-0.25, -0.2) is 4.79 Å². The monoisotopic (exact) mass is 358 g/mol. The molecule has 2 saturated heterocycles. The van der Waals surface area contributed by atoms with E-state index >= 15 is 0 Å². The van der Waals surface area contributed by atoms with Crippen molar-refractivity contribution in [3.8, 4) is 0 Å². The molecule has 3 rings (SSSR count). The zero-order chi connectivity index (χ0) is 16.6. The number of thioether (sulfide) groups is 1. The summed E-state index contributed by atoms with van der Waals surface area (Å²) in [5, 5.41) is 11.6. The first-order chi connectivity index (χ1) is 11.0. The lowest BCUT2D eigenvalue weighted by atomic mass is 10.1. The molecule has 4 unspecified atom stereocenters. The number of carbonyl (C=O) groups is 3. The molecule has 23 heavy (non-hydrogen) atoms. The minimum Gasteiger partial charge on any atom is -0.480 e. The van der Waals surface area contributed by atoms with Crippen LogP contribution in [0.25, 0.3) is 0 Å². The fourth-order valence-corrected chi connectivity index (χ4v) is 5.02. The van der Waals surface area contributed by atoms with Gasteiger partial charge in [0.15, 0.2) is 0 Å². The summed E-state index contributed by atoms with van der Waals surface area (Å²) in [6.45, 7) is 0. The van der Waals surface area contributed by atoms with Crippen LogP contribution in [0.2, 0.25) is 0 Å². The largest absolute Gasteiger partial charge is 0.480 e. The highest BCUT2D eigenvalue weighted by Gasteiger charge is 2.45. The zero-order valence-electron chi connectivity index (χ0n) is 12.8. The van der Waals surface area contributed by atoms with Crippen molar-refractivity contribution in [2.45, 2.75) is 61.2 Å². The summed E-state index contributed by atoms with van der Waals surface area (Å²) < 4.78 is 0. The molecule has 2 heterocycles. The Morgan fingerprint density at radius 2 is 2.04 bits per heavy atom. The Kier molecular flexibility index (Phi) is 5.10. The summed E-state index contributed by atoms with van der Waals surface area (Å²) in [6.07, 6.45) is 4.77. The number of carbonyl (C=O) groups excluding carboxylic acids is 2. The number of carboxylic acids is 1. The Hall–Kier alpha value is -0.890. The number of amides is 2. The van der Waals surface area contributed by atoms with E-state index < -0.39 is 23.3 Å². The van der Waals surface area contributed by atoms with Crippen LogP contribution < -0.4 is 5.32 Å². The average Bonchev–Trinajstić information content (AvgIpc) is 3.23. The SMILES string of the molecule is O=C(NC1CCSC2CCC(C(=O)O)N2C1=O)C(S)CC1CC1. The molecule has 0 radical (unpaired) electrons. The number of nitrogens with zero attached hydrogens (tertiary/aromatic N) is 1. The van der Waals surface area contributed by atoms with Crippen molar-refractivity contribution in [1.82, 2.24) is 10.2 Å². The Bertz CT molecular complexity index is 512. The van der Waals surface area contributed by atoms with Crippen LogP contribution in [0.5, 0.6) is 0 Å². The van der Waals surface area contributed by atoms with Crippen molar-refractivity contribution < 1.29 is 19.5 Å². The molecule has 0 spiro atoms. The molecular formula is C15H22N2O4S2. The minimum absolute atomic E-state index is 0.0798. The fourth-order valence-electron chi connectivity index (χ4n) is 3.28. The van der Waals surface area contributed by atoms with Gasteiger partial charge in [0.25, 0.3) is 0 Å². The van der Waals surface area contributed by atoms with Crippen LogP contribution in [0.4, 0.5) is 0 Å². The van der Waals surface area contributed by atoms with Crippen LogP contribution in [-0.2, 0) is 14.4 Å². The normalized spacial score (nSPS) is 32.1. The van der Waals surface area contributed by atoms with Crippen molar-refractivity contribution in [2.24, 2.45) is 5.92 Å². The number of nitrogens with one attached hydrogen (secondary N) is 1. The summed E-state index contributed by atoms with van der Waals surface area (Å²) in [5.41, 5.74) is 0. The van der Waals surface area contributed by atoms with Crippen molar-refractivity contribution in [3.63, 3.8) is 0 Å². The van der Waals surface area contributed by atoms with Gasteiger partial charge in [-0.3, -0.25) is 9.59 Å². The van der Waals surface area contributed by atoms with Crippen LogP contribution in [0.3, 0.4) is 0 Å². The predicted molar refractivity (Wildman–Crippen MR) is 90.4 cm³/mol. The lowest BCUT2D eigenvalue weighted by Gasteiger charge is -2.28. The number of aliphatic carboxylic acids is 1. The second-order valence-electron chi connectivity index (χ2n) is 6.55. The highest BCUT2D eigenvalue weighted by molar-refractivity contribution is 7.99. The number of fused-ring (bicyclic) bond motifs is 1. The van der Waals surface area contributed by atoms with Crippen molar-refractivity contribution in [2.75, 3.05) is 5.75 Å². The van der Waals surface area contributed by atoms with Crippen molar-refractivity contribution in [3.05, 3.63) is 0 Å². The van der Waals surface area contributed by atoms with Gasteiger partial charge in [-0.2, -0.15) is 12.6 Å². The van der Waals surface area contributed by atoms with E-state index in [0.29, 0.717) is 25.2 Å². The van der Waals surface area contributed by atoms with Crippen LogP contribution in [-0.4, -0.2) is 56.3 Å². The third-order valence-corrected chi connectivity index (χ3v) is 6.52. The Balaban J connectivity index is 1.65. The number of hydrogen-bond donors (Lipinski definition) is 3. The smallest absolute Gasteiger partial charge is 0.326 e. The molecule has 0 aromatic rings. The second kappa shape index (κ2) is 6.93. The van der Waals surface area contributed by atoms with Gasteiger partial charge < -0.3 is 15.3 Å². The predicted octanol–water partition coefficient (Wildman–Crippen LogP) is 1.11. The molecule has 0 aromatic heterocycles. The third-order valence-electron chi connectivity index (χ3n) is 4.76. The maximum Gasteiger partial charge on any atom is 0.326 e. The Labute approximate surface area is 145 Å². The standard InChI is InChI=1S/C15H22N2O4S2/c18-13(11(22)7-8-1-2-8)16-9-5-6-23-12-4-3-10(15(20)21)17(12)14(9)19/h8-12,22H,1-7H2,(H,16,18)(H,20,21). The summed E-state index contributed by atoms with van der Waals surface area (Å²) in [4.78, 5) is 37.9. The van der Waals surface area contributed by atoms with Gasteiger partial charge in [0.2, 0.25) is 11.8 Å². The minimum atomic E-state index is -0.964. The molecule has 2 amide bonds. The molecule has 0 bridgehead atoms. The van der Waals surface area contributed by atoms with Crippen molar-refractivity contribution >= 4 is 42.2 Å². The van der Waals surface area contributed by atoms with E-state index in [2.05, 4.69) is 17.9 Å². The molecule has 3 fully saturated rings. The molecule has 128 valence electrons. The molecule has 1 aliphatic carbocycles. The van der Waals surface area contributed by atoms with Gasteiger partial charge in [0.05, 0.1) is 10.6 Å². The van der Waals surface area contributed by atoms with Crippen LogP contribution in [0.15, 0.2) is 0 Å². The van der Waals surface area contributed by atoms with Crippen LogP contribution in [0, 0.1) is 5.92 Å². The van der Waals surface area contributed by atoms with Gasteiger partial charge in [-0.15, -0.1) is 11.8 Å². The van der Waals surface area contributed by atoms with Gasteiger partial charge in [-0.1, -0.05) is 12.8 Å². The van der Waals surface area contributed by atoms with E-state index in [0.717, 1.165) is 25.0 Å². The Morgan fingerprint density at radius 1 is 1.30 bits per heavy atom. The summed E-state index contributed by atoms with van der Waals surface area (Å²) >= 11 is 5.96. The van der Waals surface area contributed by atoms with Crippen LogP contribution in [0.1, 0.15) is 38.5 Å². The van der Waals surface area contributed by atoms with Gasteiger partial charge in [-0.05, 0) is 37.4 Å². The maximum absolute atomic E-state index is 12.7. The average molecular weight is 358 g/mol. The molecule has 6 nitrogen and oxygen atoms in total. The number of carboxylic acid groups (broad SMARTS) is 1. The van der Waals surface area contributed by atoms with E-state index in [4.69, 9.17) is 0 Å². The summed E-state index contributed by atoms with van der Waals surface area (Å²) in [6, 6.07) is -1.40. The van der Waals surface area contributed by atoms with Crippen LogP contribution >= 0.6 is 24.4 Å². The number of hydrogen-bond acceptors (Lipinski definition) is 5.